The Morgan fingerprint density at radius 2 is 2.17 bits per heavy atom. The minimum absolute atomic E-state index is 0.0482. The number of ether oxygens (including phenoxy) is 1. The van der Waals surface area contributed by atoms with Crippen LogP contribution in [0.3, 0.4) is 0 Å². The molecular weight excluding hydrogens is 312 g/mol. The average molecular weight is 334 g/mol. The van der Waals surface area contributed by atoms with E-state index in [9.17, 15) is 14.4 Å². The molecule has 2 rings (SSSR count). The molecule has 2 unspecified atom stereocenters. The summed E-state index contributed by atoms with van der Waals surface area (Å²) in [5.41, 5.74) is 1.64. The van der Waals surface area contributed by atoms with Crippen molar-refractivity contribution in [2.75, 3.05) is 25.1 Å². The van der Waals surface area contributed by atoms with E-state index in [1.54, 1.807) is 11.0 Å². The van der Waals surface area contributed by atoms with Crippen LogP contribution >= 0.6 is 0 Å². The second-order valence-electron chi connectivity index (χ2n) is 6.07. The number of carbonyl (C=O) groups is 3. The van der Waals surface area contributed by atoms with E-state index < -0.39 is 17.8 Å². The van der Waals surface area contributed by atoms with Gasteiger partial charge in [0.1, 0.15) is 5.75 Å². The van der Waals surface area contributed by atoms with E-state index in [1.807, 2.05) is 19.1 Å². The molecule has 1 aliphatic rings. The van der Waals surface area contributed by atoms with Crippen molar-refractivity contribution in [1.82, 2.24) is 5.32 Å². The van der Waals surface area contributed by atoms with E-state index in [2.05, 4.69) is 5.32 Å². The van der Waals surface area contributed by atoms with Gasteiger partial charge in [0.2, 0.25) is 11.8 Å². The fourth-order valence-electron chi connectivity index (χ4n) is 2.61. The smallest absolute Gasteiger partial charge is 0.308 e. The summed E-state index contributed by atoms with van der Waals surface area (Å²) >= 11 is 0. The Labute approximate surface area is 140 Å². The molecule has 2 atom stereocenters. The molecule has 1 fully saturated rings. The molecule has 0 spiro atoms. The minimum atomic E-state index is -0.969. The summed E-state index contributed by atoms with van der Waals surface area (Å²) in [6.45, 7) is 3.74. The van der Waals surface area contributed by atoms with Crippen molar-refractivity contribution in [3.8, 4) is 5.75 Å². The minimum Gasteiger partial charge on any atom is -0.495 e. The Morgan fingerprint density at radius 1 is 1.46 bits per heavy atom. The van der Waals surface area contributed by atoms with Gasteiger partial charge in [-0.2, -0.15) is 0 Å². The average Bonchev–Trinajstić information content (AvgIpc) is 2.93. The number of amides is 2. The molecule has 7 heteroatoms. The number of carboxylic acids is 1. The molecule has 24 heavy (non-hydrogen) atoms. The van der Waals surface area contributed by atoms with Gasteiger partial charge in [0.25, 0.3) is 0 Å². The van der Waals surface area contributed by atoms with E-state index in [0.717, 1.165) is 5.56 Å². The number of hydrogen-bond acceptors (Lipinski definition) is 4. The number of aliphatic carboxylic acids is 1. The highest BCUT2D eigenvalue weighted by Gasteiger charge is 2.36. The third kappa shape index (κ3) is 3.84. The Kier molecular flexibility index (Phi) is 5.43. The van der Waals surface area contributed by atoms with Crippen molar-refractivity contribution in [2.24, 2.45) is 11.8 Å². The van der Waals surface area contributed by atoms with Crippen LogP contribution < -0.4 is 15.0 Å². The predicted octanol–water partition coefficient (Wildman–Crippen LogP) is 1.19. The van der Waals surface area contributed by atoms with Gasteiger partial charge in [-0.3, -0.25) is 14.4 Å². The summed E-state index contributed by atoms with van der Waals surface area (Å²) in [4.78, 5) is 36.9. The number of benzene rings is 1. The number of carboxylic acid groups (broad SMARTS) is 1. The lowest BCUT2D eigenvalue weighted by atomic mass is 10.1. The topological polar surface area (TPSA) is 95.9 Å². The van der Waals surface area contributed by atoms with Gasteiger partial charge >= 0.3 is 5.97 Å². The second-order valence-corrected chi connectivity index (χ2v) is 6.07. The van der Waals surface area contributed by atoms with Crippen LogP contribution in [-0.4, -0.2) is 43.1 Å². The van der Waals surface area contributed by atoms with Gasteiger partial charge < -0.3 is 20.1 Å². The third-order valence-electron chi connectivity index (χ3n) is 4.13. The summed E-state index contributed by atoms with van der Waals surface area (Å²) in [5.74, 6) is -2.00. The molecular formula is C17H22N2O5. The van der Waals surface area contributed by atoms with Crippen molar-refractivity contribution in [3.63, 3.8) is 0 Å². The molecule has 1 aromatic carbocycles. The maximum absolute atomic E-state index is 12.3. The summed E-state index contributed by atoms with van der Waals surface area (Å²) in [7, 11) is 1.53. The quantitative estimate of drug-likeness (QED) is 0.815. The molecule has 1 aliphatic heterocycles. The molecule has 1 heterocycles. The molecule has 7 nitrogen and oxygen atoms in total. The molecule has 130 valence electrons. The summed E-state index contributed by atoms with van der Waals surface area (Å²) in [5, 5.41) is 11.5. The molecule has 2 amide bonds. The Bertz CT molecular complexity index is 658. The fourth-order valence-corrected chi connectivity index (χ4v) is 2.61. The molecule has 0 saturated carbocycles. The lowest BCUT2D eigenvalue weighted by Crippen LogP contribution is -2.37. The molecule has 0 radical (unpaired) electrons. The number of methoxy groups -OCH3 is 1. The zero-order chi connectivity index (χ0) is 17.9. The van der Waals surface area contributed by atoms with Gasteiger partial charge in [-0.25, -0.2) is 0 Å². The summed E-state index contributed by atoms with van der Waals surface area (Å²) in [6, 6.07) is 5.53. The predicted molar refractivity (Wildman–Crippen MR) is 88.0 cm³/mol. The van der Waals surface area contributed by atoms with Gasteiger partial charge in [0.15, 0.2) is 0 Å². The SMILES string of the molecule is COc1ccc(C)cc1N1CC(C(=O)NCC(C)C(=O)O)CC1=O. The lowest BCUT2D eigenvalue weighted by Gasteiger charge is -2.20. The molecule has 0 aromatic heterocycles. The Balaban J connectivity index is 2.07. The van der Waals surface area contributed by atoms with Gasteiger partial charge in [-0.15, -0.1) is 0 Å². The third-order valence-corrected chi connectivity index (χ3v) is 4.13. The van der Waals surface area contributed by atoms with E-state index >= 15 is 0 Å². The number of rotatable bonds is 6. The highest BCUT2D eigenvalue weighted by atomic mass is 16.5. The molecule has 0 aliphatic carbocycles. The Morgan fingerprint density at radius 3 is 2.79 bits per heavy atom. The highest BCUT2D eigenvalue weighted by molar-refractivity contribution is 6.01. The monoisotopic (exact) mass is 334 g/mol. The standard InChI is InChI=1S/C17H22N2O5/c1-10-4-5-14(24-3)13(6-10)19-9-12(7-15(19)20)16(21)18-8-11(2)17(22)23/h4-6,11-12H,7-9H2,1-3H3,(H,18,21)(H,22,23). The highest BCUT2D eigenvalue weighted by Crippen LogP contribution is 2.33. The van der Waals surface area contributed by atoms with Crippen molar-refractivity contribution in [3.05, 3.63) is 23.8 Å². The number of nitrogens with zero attached hydrogens (tertiary/aromatic N) is 1. The van der Waals surface area contributed by atoms with Gasteiger partial charge in [-0.05, 0) is 24.6 Å². The second kappa shape index (κ2) is 7.33. The van der Waals surface area contributed by atoms with E-state index in [1.165, 1.54) is 14.0 Å². The van der Waals surface area contributed by atoms with E-state index in [4.69, 9.17) is 9.84 Å². The van der Waals surface area contributed by atoms with E-state index in [0.29, 0.717) is 11.4 Å². The van der Waals surface area contributed by atoms with Crippen LogP contribution in [-0.2, 0) is 14.4 Å². The molecule has 1 saturated heterocycles. The van der Waals surface area contributed by atoms with Crippen LogP contribution in [0.2, 0.25) is 0 Å². The molecule has 1 aromatic rings. The maximum atomic E-state index is 12.3. The van der Waals surface area contributed by atoms with Crippen LogP contribution in [0, 0.1) is 18.8 Å². The fraction of sp³-hybridized carbons (Fsp3) is 0.471. The van der Waals surface area contributed by atoms with Crippen molar-refractivity contribution in [1.29, 1.82) is 0 Å². The van der Waals surface area contributed by atoms with E-state index in [-0.39, 0.29) is 31.3 Å². The van der Waals surface area contributed by atoms with Crippen LogP contribution in [0.25, 0.3) is 0 Å². The number of carbonyl (C=O) groups excluding carboxylic acids is 2. The maximum Gasteiger partial charge on any atom is 0.308 e. The van der Waals surface area contributed by atoms with Crippen molar-refractivity contribution in [2.45, 2.75) is 20.3 Å². The lowest BCUT2D eigenvalue weighted by molar-refractivity contribution is -0.141. The van der Waals surface area contributed by atoms with Crippen LogP contribution in [0.15, 0.2) is 18.2 Å². The van der Waals surface area contributed by atoms with Crippen LogP contribution in [0.5, 0.6) is 5.75 Å². The van der Waals surface area contributed by atoms with Gasteiger partial charge in [0, 0.05) is 19.5 Å². The van der Waals surface area contributed by atoms with Gasteiger partial charge in [-0.1, -0.05) is 13.0 Å². The number of aryl methyl sites for hydroxylation is 1. The first-order chi connectivity index (χ1) is 11.3. The zero-order valence-corrected chi connectivity index (χ0v) is 14.0. The summed E-state index contributed by atoms with van der Waals surface area (Å²) < 4.78 is 5.30. The number of anilines is 1. The first kappa shape index (κ1) is 17.8. The van der Waals surface area contributed by atoms with Crippen LogP contribution in [0.4, 0.5) is 5.69 Å². The first-order valence-electron chi connectivity index (χ1n) is 7.79. The number of hydrogen-bond donors (Lipinski definition) is 2. The largest absolute Gasteiger partial charge is 0.495 e. The summed E-state index contributed by atoms with van der Waals surface area (Å²) in [6.07, 6.45) is 0.102. The first-order valence-corrected chi connectivity index (χ1v) is 7.79. The molecule has 2 N–H and O–H groups in total. The van der Waals surface area contributed by atoms with Crippen LogP contribution in [0.1, 0.15) is 18.9 Å². The Hall–Kier alpha value is -2.57. The van der Waals surface area contributed by atoms with Crippen molar-refractivity contribution < 1.29 is 24.2 Å². The molecule has 0 bridgehead atoms. The number of nitrogens with one attached hydrogen (secondary N) is 1. The normalized spacial score (nSPS) is 18.4. The zero-order valence-electron chi connectivity index (χ0n) is 14.0. The van der Waals surface area contributed by atoms with Crippen molar-refractivity contribution >= 4 is 23.5 Å². The van der Waals surface area contributed by atoms with Gasteiger partial charge in [0.05, 0.1) is 24.6 Å².